The van der Waals surface area contributed by atoms with Crippen LogP contribution >= 0.6 is 0 Å². The Balaban J connectivity index is 2.10. The zero-order valence-electron chi connectivity index (χ0n) is 8.31. The summed E-state index contributed by atoms with van der Waals surface area (Å²) in [4.78, 5) is 2.25. The predicted molar refractivity (Wildman–Crippen MR) is 54.3 cm³/mol. The SMILES string of the molecule is CN1CCO[C@H](c2ccc(O)cc2)C1. The Hall–Kier alpha value is -1.06. The van der Waals surface area contributed by atoms with Gasteiger partial charge in [0.1, 0.15) is 5.75 Å². The molecule has 0 radical (unpaired) electrons. The number of morpholine rings is 1. The molecule has 0 spiro atoms. The van der Waals surface area contributed by atoms with Gasteiger partial charge in [0.25, 0.3) is 0 Å². The van der Waals surface area contributed by atoms with Gasteiger partial charge in [-0.25, -0.2) is 0 Å². The zero-order chi connectivity index (χ0) is 9.97. The maximum Gasteiger partial charge on any atom is 0.115 e. The van der Waals surface area contributed by atoms with E-state index in [0.717, 1.165) is 25.3 Å². The molecular formula is C11H15NO2. The molecule has 2 rings (SSSR count). The highest BCUT2D eigenvalue weighted by Gasteiger charge is 2.18. The molecule has 0 amide bonds. The lowest BCUT2D eigenvalue weighted by molar-refractivity contribution is -0.0209. The normalized spacial score (nSPS) is 23.6. The van der Waals surface area contributed by atoms with Gasteiger partial charge in [-0.3, -0.25) is 0 Å². The minimum atomic E-state index is 0.148. The van der Waals surface area contributed by atoms with Crippen molar-refractivity contribution >= 4 is 0 Å². The van der Waals surface area contributed by atoms with E-state index in [0.29, 0.717) is 5.75 Å². The summed E-state index contributed by atoms with van der Waals surface area (Å²) in [5.74, 6) is 0.304. The van der Waals surface area contributed by atoms with Crippen LogP contribution in [0.25, 0.3) is 0 Å². The van der Waals surface area contributed by atoms with Crippen molar-refractivity contribution in [3.8, 4) is 5.75 Å². The Morgan fingerprint density at radius 2 is 2.07 bits per heavy atom. The van der Waals surface area contributed by atoms with Crippen LogP contribution in [0.15, 0.2) is 24.3 Å². The fraction of sp³-hybridized carbons (Fsp3) is 0.455. The van der Waals surface area contributed by atoms with E-state index < -0.39 is 0 Å². The van der Waals surface area contributed by atoms with E-state index in [9.17, 15) is 0 Å². The lowest BCUT2D eigenvalue weighted by Gasteiger charge is -2.30. The van der Waals surface area contributed by atoms with Crippen LogP contribution < -0.4 is 0 Å². The number of rotatable bonds is 1. The number of hydrogen-bond donors (Lipinski definition) is 1. The van der Waals surface area contributed by atoms with Crippen molar-refractivity contribution in [3.63, 3.8) is 0 Å². The highest BCUT2D eigenvalue weighted by Crippen LogP contribution is 2.22. The highest BCUT2D eigenvalue weighted by atomic mass is 16.5. The van der Waals surface area contributed by atoms with Gasteiger partial charge in [0.15, 0.2) is 0 Å². The maximum atomic E-state index is 9.16. The lowest BCUT2D eigenvalue weighted by Crippen LogP contribution is -2.35. The second-order valence-corrected chi connectivity index (χ2v) is 3.71. The van der Waals surface area contributed by atoms with E-state index in [4.69, 9.17) is 9.84 Å². The standard InChI is InChI=1S/C11H15NO2/c1-12-6-7-14-11(8-12)9-2-4-10(13)5-3-9/h2-5,11,13H,6-8H2,1H3/t11-/m0/s1. The molecule has 0 aromatic heterocycles. The lowest BCUT2D eigenvalue weighted by atomic mass is 10.1. The topological polar surface area (TPSA) is 32.7 Å². The van der Waals surface area contributed by atoms with Crippen molar-refractivity contribution in [1.82, 2.24) is 4.90 Å². The molecule has 1 aliphatic heterocycles. The van der Waals surface area contributed by atoms with Gasteiger partial charge < -0.3 is 14.7 Å². The number of ether oxygens (including phenoxy) is 1. The average molecular weight is 193 g/mol. The molecule has 1 aromatic rings. The molecule has 1 aliphatic rings. The fourth-order valence-electron chi connectivity index (χ4n) is 1.67. The molecule has 3 nitrogen and oxygen atoms in total. The third kappa shape index (κ3) is 2.05. The van der Waals surface area contributed by atoms with Crippen LogP contribution in [0, 0.1) is 0 Å². The van der Waals surface area contributed by atoms with Gasteiger partial charge in [-0.1, -0.05) is 12.1 Å². The van der Waals surface area contributed by atoms with Gasteiger partial charge in [0.2, 0.25) is 0 Å². The molecule has 1 atom stereocenters. The quantitative estimate of drug-likeness (QED) is 0.731. The Kier molecular flexibility index (Phi) is 2.70. The first-order chi connectivity index (χ1) is 6.75. The molecule has 1 fully saturated rings. The third-order valence-corrected chi connectivity index (χ3v) is 2.53. The van der Waals surface area contributed by atoms with Crippen LogP contribution in [-0.2, 0) is 4.74 Å². The minimum Gasteiger partial charge on any atom is -0.508 e. The molecule has 0 saturated carbocycles. The number of hydrogen-bond acceptors (Lipinski definition) is 3. The average Bonchev–Trinajstić information content (AvgIpc) is 2.19. The number of phenols is 1. The monoisotopic (exact) mass is 193 g/mol. The fourth-order valence-corrected chi connectivity index (χ4v) is 1.67. The molecule has 14 heavy (non-hydrogen) atoms. The molecule has 0 unspecified atom stereocenters. The van der Waals surface area contributed by atoms with Crippen LogP contribution in [0.4, 0.5) is 0 Å². The smallest absolute Gasteiger partial charge is 0.115 e. The van der Waals surface area contributed by atoms with Crippen molar-refractivity contribution in [2.24, 2.45) is 0 Å². The molecule has 1 saturated heterocycles. The van der Waals surface area contributed by atoms with Gasteiger partial charge in [-0.05, 0) is 24.7 Å². The van der Waals surface area contributed by atoms with Gasteiger partial charge in [0, 0.05) is 13.1 Å². The number of benzene rings is 1. The molecule has 76 valence electrons. The molecular weight excluding hydrogens is 178 g/mol. The number of aromatic hydroxyl groups is 1. The van der Waals surface area contributed by atoms with Crippen molar-refractivity contribution in [3.05, 3.63) is 29.8 Å². The van der Waals surface area contributed by atoms with Gasteiger partial charge >= 0.3 is 0 Å². The minimum absolute atomic E-state index is 0.148. The summed E-state index contributed by atoms with van der Waals surface area (Å²) >= 11 is 0. The van der Waals surface area contributed by atoms with E-state index in [1.807, 2.05) is 12.1 Å². The summed E-state index contributed by atoms with van der Waals surface area (Å²) < 4.78 is 5.65. The van der Waals surface area contributed by atoms with E-state index in [2.05, 4.69) is 11.9 Å². The largest absolute Gasteiger partial charge is 0.508 e. The van der Waals surface area contributed by atoms with Crippen molar-refractivity contribution in [2.75, 3.05) is 26.7 Å². The van der Waals surface area contributed by atoms with Gasteiger partial charge in [0.05, 0.1) is 12.7 Å². The Morgan fingerprint density at radius 1 is 1.36 bits per heavy atom. The van der Waals surface area contributed by atoms with E-state index >= 15 is 0 Å². The van der Waals surface area contributed by atoms with E-state index in [-0.39, 0.29) is 6.10 Å². The van der Waals surface area contributed by atoms with Crippen molar-refractivity contribution < 1.29 is 9.84 Å². The molecule has 3 heteroatoms. The molecule has 0 aliphatic carbocycles. The third-order valence-electron chi connectivity index (χ3n) is 2.53. The van der Waals surface area contributed by atoms with Crippen LogP contribution in [0.3, 0.4) is 0 Å². The van der Waals surface area contributed by atoms with Crippen molar-refractivity contribution in [1.29, 1.82) is 0 Å². The molecule has 1 N–H and O–H groups in total. The summed E-state index contributed by atoms with van der Waals surface area (Å²) in [6, 6.07) is 7.24. The Bertz CT molecular complexity index is 297. The van der Waals surface area contributed by atoms with Crippen LogP contribution in [0.5, 0.6) is 5.75 Å². The maximum absolute atomic E-state index is 9.16. The summed E-state index contributed by atoms with van der Waals surface area (Å²) in [5, 5.41) is 9.16. The second kappa shape index (κ2) is 3.98. The summed E-state index contributed by atoms with van der Waals surface area (Å²) in [5.41, 5.74) is 1.13. The zero-order valence-corrected chi connectivity index (χ0v) is 8.31. The predicted octanol–water partition coefficient (Wildman–Crippen LogP) is 1.40. The van der Waals surface area contributed by atoms with E-state index in [1.165, 1.54) is 0 Å². The summed E-state index contributed by atoms with van der Waals surface area (Å²) in [7, 11) is 2.09. The number of phenolic OH excluding ortho intramolecular Hbond substituents is 1. The van der Waals surface area contributed by atoms with E-state index in [1.54, 1.807) is 12.1 Å². The first kappa shape index (κ1) is 9.49. The molecule has 1 aromatic carbocycles. The van der Waals surface area contributed by atoms with Crippen LogP contribution in [0.2, 0.25) is 0 Å². The number of nitrogens with zero attached hydrogens (tertiary/aromatic N) is 1. The van der Waals surface area contributed by atoms with Crippen LogP contribution in [-0.4, -0.2) is 36.8 Å². The highest BCUT2D eigenvalue weighted by molar-refractivity contribution is 5.27. The second-order valence-electron chi connectivity index (χ2n) is 3.71. The van der Waals surface area contributed by atoms with Crippen LogP contribution in [0.1, 0.15) is 11.7 Å². The first-order valence-corrected chi connectivity index (χ1v) is 4.85. The Labute approximate surface area is 83.9 Å². The molecule has 0 bridgehead atoms. The number of likely N-dealkylation sites (N-methyl/N-ethyl adjacent to an activating group) is 1. The first-order valence-electron chi connectivity index (χ1n) is 4.85. The summed E-state index contributed by atoms with van der Waals surface area (Å²) in [6.07, 6.45) is 0.148. The summed E-state index contributed by atoms with van der Waals surface area (Å²) in [6.45, 7) is 2.70. The Morgan fingerprint density at radius 3 is 2.71 bits per heavy atom. The van der Waals surface area contributed by atoms with Crippen molar-refractivity contribution in [2.45, 2.75) is 6.10 Å². The van der Waals surface area contributed by atoms with Gasteiger partial charge in [-0.15, -0.1) is 0 Å². The van der Waals surface area contributed by atoms with Gasteiger partial charge in [-0.2, -0.15) is 0 Å². The molecule has 1 heterocycles.